The molecule has 0 fully saturated rings. The van der Waals surface area contributed by atoms with Gasteiger partial charge < -0.3 is 0 Å². The fourth-order valence-electron chi connectivity index (χ4n) is 1.57. The molecule has 2 unspecified atom stereocenters. The lowest BCUT2D eigenvalue weighted by Crippen LogP contribution is -1.99. The zero-order valence-corrected chi connectivity index (χ0v) is 10.8. The van der Waals surface area contributed by atoms with Gasteiger partial charge in [-0.1, -0.05) is 24.3 Å². The zero-order valence-electron chi connectivity index (χ0n) is 9.18. The van der Waals surface area contributed by atoms with Crippen molar-refractivity contribution in [1.82, 2.24) is 0 Å². The molecule has 2 nitrogen and oxygen atoms in total. The minimum absolute atomic E-state index is 0.00327. The van der Waals surface area contributed by atoms with E-state index in [0.29, 0.717) is 0 Å². The van der Waals surface area contributed by atoms with Crippen molar-refractivity contribution in [3.05, 3.63) is 35.4 Å². The number of rotatable bonds is 4. The Labute approximate surface area is 106 Å². The minimum atomic E-state index is -0.00327. The summed E-state index contributed by atoms with van der Waals surface area (Å²) in [6.07, 6.45) is 0. The average molecular weight is 248 g/mol. The molecule has 0 aliphatic rings. The van der Waals surface area contributed by atoms with Gasteiger partial charge in [0.25, 0.3) is 0 Å². The third-order valence-electron chi connectivity index (χ3n) is 2.39. The highest BCUT2D eigenvalue weighted by Gasteiger charge is 2.12. The van der Waals surface area contributed by atoms with Gasteiger partial charge in [0.15, 0.2) is 0 Å². The van der Waals surface area contributed by atoms with Gasteiger partial charge in [-0.3, -0.25) is 0 Å². The zero-order chi connectivity index (χ0) is 12.0. The molecule has 0 aromatic heterocycles. The van der Waals surface area contributed by atoms with Gasteiger partial charge in [0.2, 0.25) is 0 Å². The number of nitrogens with zero attached hydrogens (tertiary/aromatic N) is 2. The number of aliphatic imine (C=N–C) groups is 2. The normalized spacial score (nSPS) is 13.1. The molecule has 1 aromatic rings. The first-order valence-corrected chi connectivity index (χ1v) is 5.75. The van der Waals surface area contributed by atoms with Crippen molar-refractivity contribution in [3.63, 3.8) is 0 Å². The van der Waals surface area contributed by atoms with E-state index in [4.69, 9.17) is 0 Å². The van der Waals surface area contributed by atoms with Crippen LogP contribution < -0.4 is 0 Å². The van der Waals surface area contributed by atoms with E-state index >= 15 is 0 Å². The summed E-state index contributed by atoms with van der Waals surface area (Å²) in [5.41, 5.74) is 2.20. The number of hydrogen-bond acceptors (Lipinski definition) is 4. The van der Waals surface area contributed by atoms with Crippen LogP contribution in [-0.2, 0) is 0 Å². The average Bonchev–Trinajstić information content (AvgIpc) is 2.30. The topological polar surface area (TPSA) is 24.7 Å². The molecule has 0 saturated carbocycles. The van der Waals surface area contributed by atoms with Gasteiger partial charge in [0.05, 0.1) is 22.4 Å². The van der Waals surface area contributed by atoms with E-state index in [0.717, 1.165) is 11.1 Å². The van der Waals surface area contributed by atoms with Crippen LogP contribution in [0.5, 0.6) is 0 Å². The quantitative estimate of drug-likeness (QED) is 0.594. The lowest BCUT2D eigenvalue weighted by atomic mass is 9.97. The molecule has 1 rings (SSSR count). The predicted molar refractivity (Wildman–Crippen MR) is 73.3 cm³/mol. The van der Waals surface area contributed by atoms with Crippen LogP contribution in [0.2, 0.25) is 0 Å². The van der Waals surface area contributed by atoms with E-state index in [2.05, 4.69) is 44.7 Å². The SMILES string of the molecule is CC(N=C=S)c1ccccc1C(C)N=C=S. The summed E-state index contributed by atoms with van der Waals surface area (Å²) < 4.78 is 0. The molecule has 0 radical (unpaired) electrons. The highest BCUT2D eigenvalue weighted by molar-refractivity contribution is 7.78. The molecule has 82 valence electrons. The van der Waals surface area contributed by atoms with Gasteiger partial charge in [-0.15, -0.1) is 0 Å². The van der Waals surface area contributed by atoms with E-state index in [9.17, 15) is 0 Å². The maximum Gasteiger partial charge on any atom is 0.0827 e. The second-order valence-corrected chi connectivity index (χ2v) is 3.79. The van der Waals surface area contributed by atoms with Gasteiger partial charge >= 0.3 is 0 Å². The molecule has 4 heteroatoms. The Morgan fingerprint density at radius 2 is 1.31 bits per heavy atom. The van der Waals surface area contributed by atoms with Crippen LogP contribution in [0.25, 0.3) is 0 Å². The molecule has 0 heterocycles. The van der Waals surface area contributed by atoms with Crippen molar-refractivity contribution >= 4 is 34.8 Å². The molecule has 1 aromatic carbocycles. The summed E-state index contributed by atoms with van der Waals surface area (Å²) in [5.74, 6) is 0. The van der Waals surface area contributed by atoms with Crippen molar-refractivity contribution in [1.29, 1.82) is 0 Å². The summed E-state index contributed by atoms with van der Waals surface area (Å²) in [7, 11) is 0. The minimum Gasteiger partial charge on any atom is -0.225 e. The van der Waals surface area contributed by atoms with Crippen molar-refractivity contribution < 1.29 is 0 Å². The Hall–Kier alpha value is -1.18. The van der Waals surface area contributed by atoms with Crippen molar-refractivity contribution in [3.8, 4) is 0 Å². The molecule has 16 heavy (non-hydrogen) atoms. The first-order valence-electron chi connectivity index (χ1n) is 4.93. The first-order chi connectivity index (χ1) is 7.70. The second-order valence-electron chi connectivity index (χ2n) is 3.42. The van der Waals surface area contributed by atoms with Gasteiger partial charge in [-0.2, -0.15) is 0 Å². The van der Waals surface area contributed by atoms with Crippen LogP contribution in [-0.4, -0.2) is 10.3 Å². The van der Waals surface area contributed by atoms with E-state index < -0.39 is 0 Å². The number of thiocarbonyl (C=S) groups is 2. The van der Waals surface area contributed by atoms with Crippen LogP contribution in [0, 0.1) is 0 Å². The fraction of sp³-hybridized carbons (Fsp3) is 0.333. The summed E-state index contributed by atoms with van der Waals surface area (Å²) in [6, 6.07) is 7.98. The Balaban J connectivity index is 3.18. The van der Waals surface area contributed by atoms with Crippen molar-refractivity contribution in [2.45, 2.75) is 25.9 Å². The van der Waals surface area contributed by atoms with Crippen LogP contribution in [0.4, 0.5) is 0 Å². The van der Waals surface area contributed by atoms with Crippen molar-refractivity contribution in [2.24, 2.45) is 9.98 Å². The lowest BCUT2D eigenvalue weighted by Gasteiger charge is -2.14. The van der Waals surface area contributed by atoms with E-state index in [-0.39, 0.29) is 12.1 Å². The molecule has 0 saturated heterocycles. The number of benzene rings is 1. The molecule has 0 aliphatic carbocycles. The Morgan fingerprint density at radius 1 is 0.938 bits per heavy atom. The van der Waals surface area contributed by atoms with E-state index in [1.807, 2.05) is 38.1 Å². The largest absolute Gasteiger partial charge is 0.225 e. The second kappa shape index (κ2) is 6.41. The summed E-state index contributed by atoms with van der Waals surface area (Å²) in [6.45, 7) is 3.96. The van der Waals surface area contributed by atoms with E-state index in [1.165, 1.54) is 0 Å². The van der Waals surface area contributed by atoms with E-state index in [1.54, 1.807) is 0 Å². The van der Waals surface area contributed by atoms with Gasteiger partial charge in [0.1, 0.15) is 0 Å². The first kappa shape index (κ1) is 12.9. The standard InChI is InChI=1S/C12H12N2S2/c1-9(13-7-15)11-5-3-4-6-12(11)10(2)14-8-16/h3-6,9-10H,1-2H3. The highest BCUT2D eigenvalue weighted by atomic mass is 32.1. The Kier molecular flexibility index (Phi) is 5.17. The summed E-state index contributed by atoms with van der Waals surface area (Å²) in [4.78, 5) is 8.15. The van der Waals surface area contributed by atoms with Gasteiger partial charge in [0, 0.05) is 0 Å². The highest BCUT2D eigenvalue weighted by Crippen LogP contribution is 2.27. The molecule has 0 bridgehead atoms. The monoisotopic (exact) mass is 248 g/mol. The molecule has 0 spiro atoms. The third kappa shape index (κ3) is 3.16. The third-order valence-corrected chi connectivity index (χ3v) is 2.60. The summed E-state index contributed by atoms with van der Waals surface area (Å²) >= 11 is 9.24. The molecule has 0 N–H and O–H groups in total. The molecule has 0 aliphatic heterocycles. The molecular formula is C12H12N2S2. The van der Waals surface area contributed by atoms with Crippen LogP contribution >= 0.6 is 24.4 Å². The van der Waals surface area contributed by atoms with Gasteiger partial charge in [-0.25, -0.2) is 9.98 Å². The molecule has 2 atom stereocenters. The number of hydrogen-bond donors (Lipinski definition) is 0. The lowest BCUT2D eigenvalue weighted by molar-refractivity contribution is 0.756. The number of isothiocyanates is 2. The smallest absolute Gasteiger partial charge is 0.0827 e. The van der Waals surface area contributed by atoms with Gasteiger partial charge in [-0.05, 0) is 49.4 Å². The maximum atomic E-state index is 4.62. The molecular weight excluding hydrogens is 236 g/mol. The van der Waals surface area contributed by atoms with Crippen LogP contribution in [0.1, 0.15) is 37.1 Å². The Bertz CT molecular complexity index is 415. The fourth-order valence-corrected chi connectivity index (χ4v) is 1.89. The predicted octanol–water partition coefficient (Wildman–Crippen LogP) is 4.01. The Morgan fingerprint density at radius 3 is 1.62 bits per heavy atom. The van der Waals surface area contributed by atoms with Crippen LogP contribution in [0.3, 0.4) is 0 Å². The molecule has 0 amide bonds. The van der Waals surface area contributed by atoms with Crippen molar-refractivity contribution in [2.75, 3.05) is 0 Å². The maximum absolute atomic E-state index is 4.62. The summed E-state index contributed by atoms with van der Waals surface area (Å²) in [5, 5.41) is 4.81. The van der Waals surface area contributed by atoms with Crippen LogP contribution in [0.15, 0.2) is 34.3 Å².